The number of benzene rings is 1. The van der Waals surface area contributed by atoms with Crippen LogP contribution in [0.1, 0.15) is 29.3 Å². The predicted molar refractivity (Wildman–Crippen MR) is 82.3 cm³/mol. The largest absolute Gasteiger partial charge is 0.439 e. The van der Waals surface area contributed by atoms with Crippen molar-refractivity contribution in [2.24, 2.45) is 0 Å². The SMILES string of the molecule is CCNCc1ccc(Oc2cccc(C)c2C)nc1C. The summed E-state index contributed by atoms with van der Waals surface area (Å²) in [5, 5.41) is 3.31. The summed E-state index contributed by atoms with van der Waals surface area (Å²) in [6.45, 7) is 10.1. The standard InChI is InChI=1S/C17H22N2O/c1-5-18-11-15-9-10-17(19-14(15)4)20-16-8-6-7-12(2)13(16)3/h6-10,18H,5,11H2,1-4H3. The molecule has 0 aliphatic heterocycles. The Morgan fingerprint density at radius 2 is 1.90 bits per heavy atom. The smallest absolute Gasteiger partial charge is 0.219 e. The van der Waals surface area contributed by atoms with E-state index in [2.05, 4.69) is 43.2 Å². The molecule has 0 saturated heterocycles. The van der Waals surface area contributed by atoms with Crippen LogP contribution < -0.4 is 10.1 Å². The molecule has 0 radical (unpaired) electrons. The van der Waals surface area contributed by atoms with Crippen LogP contribution >= 0.6 is 0 Å². The van der Waals surface area contributed by atoms with Gasteiger partial charge in [0.1, 0.15) is 5.75 Å². The summed E-state index contributed by atoms with van der Waals surface area (Å²) in [5.41, 5.74) is 4.60. The molecule has 3 heteroatoms. The van der Waals surface area contributed by atoms with Crippen molar-refractivity contribution in [1.29, 1.82) is 0 Å². The molecule has 2 aromatic rings. The molecule has 0 spiro atoms. The molecule has 0 bridgehead atoms. The molecule has 3 nitrogen and oxygen atoms in total. The highest BCUT2D eigenvalue weighted by Crippen LogP contribution is 2.26. The first kappa shape index (κ1) is 14.5. The van der Waals surface area contributed by atoms with Crippen molar-refractivity contribution in [2.75, 3.05) is 6.54 Å². The van der Waals surface area contributed by atoms with Crippen molar-refractivity contribution in [2.45, 2.75) is 34.2 Å². The third kappa shape index (κ3) is 3.36. The second-order valence-corrected chi connectivity index (χ2v) is 4.97. The molecule has 20 heavy (non-hydrogen) atoms. The normalized spacial score (nSPS) is 10.6. The second kappa shape index (κ2) is 6.53. The number of aryl methyl sites for hydroxylation is 2. The lowest BCUT2D eigenvalue weighted by molar-refractivity contribution is 0.457. The van der Waals surface area contributed by atoms with E-state index in [0.717, 1.165) is 30.1 Å². The lowest BCUT2D eigenvalue weighted by Crippen LogP contribution is -2.13. The summed E-state index contributed by atoms with van der Waals surface area (Å²) in [4.78, 5) is 4.53. The highest BCUT2D eigenvalue weighted by Gasteiger charge is 2.06. The number of rotatable bonds is 5. The van der Waals surface area contributed by atoms with E-state index in [1.54, 1.807) is 0 Å². The molecule has 1 heterocycles. The molecule has 1 aromatic heterocycles. The second-order valence-electron chi connectivity index (χ2n) is 4.97. The number of nitrogens with zero attached hydrogens (tertiary/aromatic N) is 1. The van der Waals surface area contributed by atoms with E-state index < -0.39 is 0 Å². The average Bonchev–Trinajstić information content (AvgIpc) is 2.43. The Bertz CT molecular complexity index is 594. The number of pyridine rings is 1. The van der Waals surface area contributed by atoms with E-state index >= 15 is 0 Å². The van der Waals surface area contributed by atoms with Crippen LogP contribution in [0.2, 0.25) is 0 Å². The van der Waals surface area contributed by atoms with E-state index in [4.69, 9.17) is 4.74 Å². The molecule has 0 unspecified atom stereocenters. The van der Waals surface area contributed by atoms with Crippen molar-refractivity contribution in [1.82, 2.24) is 10.3 Å². The molecule has 0 aliphatic rings. The Hall–Kier alpha value is -1.87. The summed E-state index contributed by atoms with van der Waals surface area (Å²) in [6.07, 6.45) is 0. The van der Waals surface area contributed by atoms with Gasteiger partial charge in [-0.05, 0) is 50.1 Å². The van der Waals surface area contributed by atoms with Crippen molar-refractivity contribution < 1.29 is 4.74 Å². The van der Waals surface area contributed by atoms with Gasteiger partial charge in [0.15, 0.2) is 0 Å². The van der Waals surface area contributed by atoms with Crippen molar-refractivity contribution in [3.63, 3.8) is 0 Å². The van der Waals surface area contributed by atoms with E-state index in [-0.39, 0.29) is 0 Å². The summed E-state index contributed by atoms with van der Waals surface area (Å²) < 4.78 is 5.90. The summed E-state index contributed by atoms with van der Waals surface area (Å²) in [7, 11) is 0. The molecular weight excluding hydrogens is 248 g/mol. The van der Waals surface area contributed by atoms with Gasteiger partial charge in [0.25, 0.3) is 0 Å². The highest BCUT2D eigenvalue weighted by atomic mass is 16.5. The van der Waals surface area contributed by atoms with E-state index in [0.29, 0.717) is 5.88 Å². The van der Waals surface area contributed by atoms with E-state index in [1.165, 1.54) is 11.1 Å². The maximum atomic E-state index is 5.90. The lowest BCUT2D eigenvalue weighted by atomic mass is 10.1. The van der Waals surface area contributed by atoms with Gasteiger partial charge in [-0.3, -0.25) is 0 Å². The zero-order chi connectivity index (χ0) is 14.5. The fourth-order valence-corrected chi connectivity index (χ4v) is 2.02. The van der Waals surface area contributed by atoms with Crippen LogP contribution in [-0.4, -0.2) is 11.5 Å². The zero-order valence-electron chi connectivity index (χ0n) is 12.7. The summed E-state index contributed by atoms with van der Waals surface area (Å²) in [5.74, 6) is 1.52. The first-order valence-corrected chi connectivity index (χ1v) is 7.03. The summed E-state index contributed by atoms with van der Waals surface area (Å²) in [6, 6.07) is 10.1. The summed E-state index contributed by atoms with van der Waals surface area (Å²) >= 11 is 0. The maximum absolute atomic E-state index is 5.90. The van der Waals surface area contributed by atoms with Gasteiger partial charge in [-0.2, -0.15) is 0 Å². The topological polar surface area (TPSA) is 34.1 Å². The molecule has 0 amide bonds. The third-order valence-electron chi connectivity index (χ3n) is 3.50. The first-order chi connectivity index (χ1) is 9.61. The lowest BCUT2D eigenvalue weighted by Gasteiger charge is -2.12. The minimum absolute atomic E-state index is 0.649. The molecule has 1 N–H and O–H groups in total. The third-order valence-corrected chi connectivity index (χ3v) is 3.50. The Morgan fingerprint density at radius 3 is 2.60 bits per heavy atom. The predicted octanol–water partition coefficient (Wildman–Crippen LogP) is 3.91. The Morgan fingerprint density at radius 1 is 1.10 bits per heavy atom. The van der Waals surface area contributed by atoms with Crippen LogP contribution in [0.3, 0.4) is 0 Å². The molecular formula is C17H22N2O. The number of aromatic nitrogens is 1. The van der Waals surface area contributed by atoms with Crippen molar-refractivity contribution >= 4 is 0 Å². The zero-order valence-corrected chi connectivity index (χ0v) is 12.7. The molecule has 1 aromatic carbocycles. The Labute approximate surface area is 121 Å². The maximum Gasteiger partial charge on any atom is 0.219 e. The van der Waals surface area contributed by atoms with E-state index in [9.17, 15) is 0 Å². The molecule has 0 saturated carbocycles. The molecule has 0 atom stereocenters. The van der Waals surface area contributed by atoms with Crippen LogP contribution in [0, 0.1) is 20.8 Å². The fraction of sp³-hybridized carbons (Fsp3) is 0.353. The molecule has 0 fully saturated rings. The van der Waals surface area contributed by atoms with Crippen LogP contribution in [-0.2, 0) is 6.54 Å². The molecule has 2 rings (SSSR count). The fourth-order valence-electron chi connectivity index (χ4n) is 2.02. The quantitative estimate of drug-likeness (QED) is 0.894. The van der Waals surface area contributed by atoms with Crippen LogP contribution in [0.4, 0.5) is 0 Å². The highest BCUT2D eigenvalue weighted by molar-refractivity contribution is 5.40. The van der Waals surface area contributed by atoms with Gasteiger partial charge in [-0.25, -0.2) is 4.98 Å². The Balaban J connectivity index is 2.18. The first-order valence-electron chi connectivity index (χ1n) is 7.03. The van der Waals surface area contributed by atoms with Gasteiger partial charge in [0, 0.05) is 18.3 Å². The van der Waals surface area contributed by atoms with Crippen LogP contribution in [0.25, 0.3) is 0 Å². The van der Waals surface area contributed by atoms with Gasteiger partial charge in [0.05, 0.1) is 0 Å². The van der Waals surface area contributed by atoms with Crippen molar-refractivity contribution in [3.05, 3.63) is 52.7 Å². The average molecular weight is 270 g/mol. The van der Waals surface area contributed by atoms with Gasteiger partial charge >= 0.3 is 0 Å². The molecule has 106 valence electrons. The monoisotopic (exact) mass is 270 g/mol. The van der Waals surface area contributed by atoms with Crippen LogP contribution in [0.5, 0.6) is 11.6 Å². The van der Waals surface area contributed by atoms with Gasteiger partial charge < -0.3 is 10.1 Å². The minimum atomic E-state index is 0.649. The van der Waals surface area contributed by atoms with Gasteiger partial charge in [0.2, 0.25) is 5.88 Å². The molecule has 0 aliphatic carbocycles. The Kier molecular flexibility index (Phi) is 4.74. The number of hydrogen-bond acceptors (Lipinski definition) is 3. The van der Waals surface area contributed by atoms with Gasteiger partial charge in [-0.15, -0.1) is 0 Å². The van der Waals surface area contributed by atoms with Crippen LogP contribution in [0.15, 0.2) is 30.3 Å². The van der Waals surface area contributed by atoms with E-state index in [1.807, 2.05) is 25.1 Å². The number of nitrogens with one attached hydrogen (secondary N) is 1. The minimum Gasteiger partial charge on any atom is -0.439 e. The van der Waals surface area contributed by atoms with Crippen molar-refractivity contribution in [3.8, 4) is 11.6 Å². The van der Waals surface area contributed by atoms with Gasteiger partial charge in [-0.1, -0.05) is 25.1 Å². The number of ether oxygens (including phenoxy) is 1. The number of hydrogen-bond donors (Lipinski definition) is 1.